The summed E-state index contributed by atoms with van der Waals surface area (Å²) >= 11 is 0. The molecule has 0 bridgehead atoms. The Morgan fingerprint density at radius 3 is 2.35 bits per heavy atom. The Kier molecular flexibility index (Phi) is 6.19. The first-order valence-corrected chi connectivity index (χ1v) is 6.37. The highest BCUT2D eigenvalue weighted by molar-refractivity contribution is 5.24. The molecule has 0 spiro atoms. The molecule has 0 saturated carbocycles. The highest BCUT2D eigenvalue weighted by atomic mass is 16.5. The summed E-state index contributed by atoms with van der Waals surface area (Å²) in [5.41, 5.74) is 5.33. The molecule has 0 aromatic heterocycles. The third-order valence-electron chi connectivity index (χ3n) is 2.94. The molecule has 2 atom stereocenters. The Morgan fingerprint density at radius 1 is 1.24 bits per heavy atom. The largest absolute Gasteiger partial charge is 0.376 e. The van der Waals surface area contributed by atoms with Crippen molar-refractivity contribution in [2.24, 2.45) is 5.84 Å². The minimum absolute atomic E-state index is 0.0653. The molecule has 0 saturated heterocycles. The molecule has 0 heterocycles. The average Bonchev–Trinajstić information content (AvgIpc) is 2.33. The maximum absolute atomic E-state index is 5.78. The van der Waals surface area contributed by atoms with Crippen molar-refractivity contribution in [3.05, 3.63) is 35.4 Å². The highest BCUT2D eigenvalue weighted by Gasteiger charge is 2.21. The smallest absolute Gasteiger partial charge is 0.0782 e. The van der Waals surface area contributed by atoms with E-state index in [1.54, 1.807) is 0 Å². The van der Waals surface area contributed by atoms with Crippen molar-refractivity contribution >= 4 is 0 Å². The Balaban J connectivity index is 2.83. The van der Waals surface area contributed by atoms with Crippen LogP contribution in [-0.2, 0) is 4.74 Å². The van der Waals surface area contributed by atoms with Crippen LogP contribution in [0.15, 0.2) is 24.3 Å². The molecular formula is C14H24N2O. The fourth-order valence-corrected chi connectivity index (χ4v) is 2.04. The number of rotatable bonds is 7. The van der Waals surface area contributed by atoms with Gasteiger partial charge >= 0.3 is 0 Å². The van der Waals surface area contributed by atoms with Crippen LogP contribution in [0.1, 0.15) is 43.9 Å². The van der Waals surface area contributed by atoms with E-state index < -0.39 is 0 Å². The molecule has 0 aliphatic carbocycles. The second-order valence-electron chi connectivity index (χ2n) is 4.34. The zero-order chi connectivity index (χ0) is 12.7. The normalized spacial score (nSPS) is 14.6. The second kappa shape index (κ2) is 7.43. The molecule has 96 valence electrons. The van der Waals surface area contributed by atoms with Crippen molar-refractivity contribution in [2.75, 3.05) is 6.61 Å². The van der Waals surface area contributed by atoms with Gasteiger partial charge in [-0.3, -0.25) is 11.3 Å². The van der Waals surface area contributed by atoms with Gasteiger partial charge in [-0.2, -0.15) is 0 Å². The quantitative estimate of drug-likeness (QED) is 0.565. The lowest BCUT2D eigenvalue weighted by atomic mass is 9.98. The van der Waals surface area contributed by atoms with Gasteiger partial charge in [0.2, 0.25) is 0 Å². The van der Waals surface area contributed by atoms with Gasteiger partial charge < -0.3 is 4.74 Å². The van der Waals surface area contributed by atoms with Crippen molar-refractivity contribution in [1.29, 1.82) is 0 Å². The van der Waals surface area contributed by atoms with E-state index >= 15 is 0 Å². The first kappa shape index (κ1) is 14.2. The molecule has 3 heteroatoms. The summed E-state index contributed by atoms with van der Waals surface area (Å²) in [5.74, 6) is 5.67. The van der Waals surface area contributed by atoms with E-state index in [0.29, 0.717) is 6.61 Å². The Labute approximate surface area is 104 Å². The molecule has 0 aliphatic heterocycles. The molecule has 3 nitrogen and oxygen atoms in total. The van der Waals surface area contributed by atoms with E-state index in [-0.39, 0.29) is 12.1 Å². The van der Waals surface area contributed by atoms with Crippen LogP contribution in [0.5, 0.6) is 0 Å². The Morgan fingerprint density at radius 2 is 1.88 bits per heavy atom. The van der Waals surface area contributed by atoms with Crippen LogP contribution in [0.2, 0.25) is 0 Å². The lowest BCUT2D eigenvalue weighted by Gasteiger charge is -2.26. The molecule has 3 N–H and O–H groups in total. The number of hydrogen-bond donors (Lipinski definition) is 2. The van der Waals surface area contributed by atoms with E-state index in [1.807, 2.05) is 6.92 Å². The topological polar surface area (TPSA) is 47.3 Å². The number of benzene rings is 1. The molecule has 0 fully saturated rings. The molecule has 1 rings (SSSR count). The van der Waals surface area contributed by atoms with Crippen LogP contribution < -0.4 is 11.3 Å². The molecule has 0 amide bonds. The summed E-state index contributed by atoms with van der Waals surface area (Å²) in [6, 6.07) is 8.50. The maximum atomic E-state index is 5.78. The molecule has 1 aromatic carbocycles. The predicted octanol–water partition coefficient (Wildman–Crippen LogP) is 2.70. The summed E-state index contributed by atoms with van der Waals surface area (Å²) in [4.78, 5) is 0. The molecule has 0 aliphatic rings. The second-order valence-corrected chi connectivity index (χ2v) is 4.34. The van der Waals surface area contributed by atoms with Gasteiger partial charge in [0.25, 0.3) is 0 Å². The third kappa shape index (κ3) is 4.11. The average molecular weight is 236 g/mol. The standard InChI is InChI=1S/C14H24N2O/c1-4-6-13(17-5-2)14(16-15)12-9-7-11(3)8-10-12/h7-10,13-14,16H,4-6,15H2,1-3H3. The van der Waals surface area contributed by atoms with Gasteiger partial charge in [0.1, 0.15) is 0 Å². The molecule has 17 heavy (non-hydrogen) atoms. The SMILES string of the molecule is CCCC(OCC)C(NN)c1ccc(C)cc1. The van der Waals surface area contributed by atoms with Gasteiger partial charge in [0.15, 0.2) is 0 Å². The lowest BCUT2D eigenvalue weighted by molar-refractivity contribution is 0.0276. The van der Waals surface area contributed by atoms with E-state index in [1.165, 1.54) is 11.1 Å². The van der Waals surface area contributed by atoms with Crippen molar-refractivity contribution in [1.82, 2.24) is 5.43 Å². The summed E-state index contributed by atoms with van der Waals surface area (Å²) in [6.07, 6.45) is 2.24. The zero-order valence-electron chi connectivity index (χ0n) is 11.1. The lowest BCUT2D eigenvalue weighted by Crippen LogP contribution is -2.38. The first-order valence-electron chi connectivity index (χ1n) is 6.37. The number of aryl methyl sites for hydroxylation is 1. The summed E-state index contributed by atoms with van der Waals surface area (Å²) < 4.78 is 5.78. The zero-order valence-corrected chi connectivity index (χ0v) is 11.1. The first-order chi connectivity index (χ1) is 8.22. The number of nitrogens with two attached hydrogens (primary N) is 1. The summed E-state index contributed by atoms with van der Waals surface area (Å²) in [7, 11) is 0. The van der Waals surface area contributed by atoms with E-state index in [4.69, 9.17) is 10.6 Å². The Bertz CT molecular complexity index is 305. The summed E-state index contributed by atoms with van der Waals surface area (Å²) in [6.45, 7) is 6.98. The Hall–Kier alpha value is -0.900. The fraction of sp³-hybridized carbons (Fsp3) is 0.571. The van der Waals surface area contributed by atoms with E-state index in [2.05, 4.69) is 43.5 Å². The van der Waals surface area contributed by atoms with Gasteiger partial charge in [-0.1, -0.05) is 43.2 Å². The number of ether oxygens (including phenoxy) is 1. The molecule has 1 aromatic rings. The minimum atomic E-state index is 0.0653. The highest BCUT2D eigenvalue weighted by Crippen LogP contribution is 2.22. The van der Waals surface area contributed by atoms with Crippen LogP contribution in [0, 0.1) is 6.92 Å². The predicted molar refractivity (Wildman–Crippen MR) is 71.6 cm³/mol. The molecule has 0 radical (unpaired) electrons. The van der Waals surface area contributed by atoms with Crippen LogP contribution in [0.3, 0.4) is 0 Å². The van der Waals surface area contributed by atoms with Gasteiger partial charge in [-0.15, -0.1) is 0 Å². The van der Waals surface area contributed by atoms with Crippen molar-refractivity contribution in [3.8, 4) is 0 Å². The summed E-state index contributed by atoms with van der Waals surface area (Å²) in [5, 5.41) is 0. The van der Waals surface area contributed by atoms with Gasteiger partial charge in [0.05, 0.1) is 12.1 Å². The van der Waals surface area contributed by atoms with Gasteiger partial charge in [-0.05, 0) is 25.8 Å². The molecule has 2 unspecified atom stereocenters. The van der Waals surface area contributed by atoms with E-state index in [9.17, 15) is 0 Å². The molecular weight excluding hydrogens is 212 g/mol. The van der Waals surface area contributed by atoms with Crippen molar-refractivity contribution in [3.63, 3.8) is 0 Å². The number of hydrogen-bond acceptors (Lipinski definition) is 3. The third-order valence-corrected chi connectivity index (χ3v) is 2.94. The van der Waals surface area contributed by atoms with Crippen molar-refractivity contribution < 1.29 is 4.74 Å². The number of hydrazine groups is 1. The fourth-order valence-electron chi connectivity index (χ4n) is 2.04. The monoisotopic (exact) mass is 236 g/mol. The van der Waals surface area contributed by atoms with Gasteiger partial charge in [0, 0.05) is 6.61 Å². The van der Waals surface area contributed by atoms with E-state index in [0.717, 1.165) is 12.8 Å². The van der Waals surface area contributed by atoms with Gasteiger partial charge in [-0.25, -0.2) is 0 Å². The van der Waals surface area contributed by atoms with Crippen LogP contribution in [0.25, 0.3) is 0 Å². The van der Waals surface area contributed by atoms with Crippen molar-refractivity contribution in [2.45, 2.75) is 45.8 Å². The minimum Gasteiger partial charge on any atom is -0.376 e. The van der Waals surface area contributed by atoms with Crippen LogP contribution in [0.4, 0.5) is 0 Å². The van der Waals surface area contributed by atoms with Crippen LogP contribution in [-0.4, -0.2) is 12.7 Å². The van der Waals surface area contributed by atoms with Crippen LogP contribution >= 0.6 is 0 Å². The number of nitrogens with one attached hydrogen (secondary N) is 1. The maximum Gasteiger partial charge on any atom is 0.0782 e.